The molecular weight excluding hydrogens is 496 g/mol. The van der Waals surface area contributed by atoms with Crippen molar-refractivity contribution in [1.82, 2.24) is 0 Å². The molecule has 8 heteroatoms. The lowest BCUT2D eigenvalue weighted by Crippen LogP contribution is -2.44. The first-order valence-electron chi connectivity index (χ1n) is 13.2. The summed E-state index contributed by atoms with van der Waals surface area (Å²) in [6.45, 7) is 2.05. The highest BCUT2D eigenvalue weighted by molar-refractivity contribution is 6.28. The van der Waals surface area contributed by atoms with E-state index in [-0.39, 0.29) is 24.9 Å². The highest BCUT2D eigenvalue weighted by atomic mass is 16.5. The molecule has 2 aliphatic rings. The van der Waals surface area contributed by atoms with Crippen molar-refractivity contribution in [2.24, 2.45) is 5.92 Å². The van der Waals surface area contributed by atoms with E-state index in [4.69, 9.17) is 4.74 Å². The maximum absolute atomic E-state index is 13.8. The first kappa shape index (κ1) is 26.6. The highest BCUT2D eigenvalue weighted by Crippen LogP contribution is 2.49. The van der Waals surface area contributed by atoms with Crippen molar-refractivity contribution in [3.8, 4) is 0 Å². The Balaban J connectivity index is 1.54. The zero-order valence-electron chi connectivity index (χ0n) is 22.1. The van der Waals surface area contributed by atoms with Gasteiger partial charge in [0, 0.05) is 42.1 Å². The van der Waals surface area contributed by atoms with Crippen LogP contribution in [0.1, 0.15) is 48.5 Å². The van der Waals surface area contributed by atoms with Crippen LogP contribution >= 0.6 is 0 Å². The molecule has 3 aromatic rings. The quantitative estimate of drug-likeness (QED) is 0.227. The average molecular weight is 529 g/mol. The highest BCUT2D eigenvalue weighted by Gasteiger charge is 2.52. The topological polar surface area (TPSA) is 107 Å². The molecule has 3 aromatic carbocycles. The molecule has 0 aromatic heterocycles. The molecule has 0 bridgehead atoms. The van der Waals surface area contributed by atoms with Crippen molar-refractivity contribution in [1.29, 1.82) is 0 Å². The average Bonchev–Trinajstić information content (AvgIpc) is 3.36. The summed E-state index contributed by atoms with van der Waals surface area (Å²) in [6, 6.07) is 16.7. The van der Waals surface area contributed by atoms with E-state index in [1.807, 2.05) is 36.4 Å². The number of fused-ring (bicyclic) bond motifs is 1. The van der Waals surface area contributed by atoms with Gasteiger partial charge in [-0.25, -0.2) is 0 Å². The third-order valence-corrected chi connectivity index (χ3v) is 7.69. The van der Waals surface area contributed by atoms with E-state index in [0.29, 0.717) is 48.3 Å². The van der Waals surface area contributed by atoms with Gasteiger partial charge in [0.25, 0.3) is 11.8 Å². The Morgan fingerprint density at radius 3 is 2.59 bits per heavy atom. The van der Waals surface area contributed by atoms with Crippen LogP contribution in [-0.4, -0.2) is 48.3 Å². The minimum atomic E-state index is -1.86. The van der Waals surface area contributed by atoms with Crippen LogP contribution in [0, 0.1) is 5.92 Å². The molecule has 0 radical (unpaired) electrons. The number of benzene rings is 3. The van der Waals surface area contributed by atoms with Crippen LogP contribution in [0.25, 0.3) is 10.8 Å². The van der Waals surface area contributed by atoms with Gasteiger partial charge in [-0.15, -0.1) is 0 Å². The molecule has 2 amide bonds. The number of esters is 1. The molecule has 0 fully saturated rings. The number of amides is 2. The number of hydrogen-bond donors (Lipinski definition) is 2. The molecule has 0 saturated carbocycles. The van der Waals surface area contributed by atoms with Crippen LogP contribution in [0.15, 0.2) is 66.7 Å². The van der Waals surface area contributed by atoms with Gasteiger partial charge in [-0.1, -0.05) is 43.3 Å². The molecule has 202 valence electrons. The molecule has 5 rings (SSSR count). The van der Waals surface area contributed by atoms with Gasteiger partial charge in [0.05, 0.1) is 24.0 Å². The molecule has 2 aliphatic heterocycles. The summed E-state index contributed by atoms with van der Waals surface area (Å²) in [4.78, 5) is 42.1. The lowest BCUT2D eigenvalue weighted by Gasteiger charge is -2.28. The van der Waals surface area contributed by atoms with Gasteiger partial charge in [0.2, 0.25) is 0 Å². The first-order chi connectivity index (χ1) is 18.8. The fourth-order valence-corrected chi connectivity index (χ4v) is 5.62. The number of unbranched alkanes of at least 4 members (excludes halogenated alkanes) is 1. The van der Waals surface area contributed by atoms with Gasteiger partial charge in [0.15, 0.2) is 5.60 Å². The monoisotopic (exact) mass is 528 g/mol. The number of aliphatic hydroxyl groups is 2. The van der Waals surface area contributed by atoms with Gasteiger partial charge >= 0.3 is 5.97 Å². The molecule has 0 unspecified atom stereocenters. The van der Waals surface area contributed by atoms with E-state index < -0.39 is 17.4 Å². The van der Waals surface area contributed by atoms with E-state index >= 15 is 0 Å². The van der Waals surface area contributed by atoms with Crippen LogP contribution in [0.4, 0.5) is 17.1 Å². The first-order valence-corrected chi connectivity index (χ1v) is 13.2. The smallest absolute Gasteiger partial charge is 0.305 e. The molecule has 2 N–H and O–H groups in total. The van der Waals surface area contributed by atoms with Gasteiger partial charge in [0.1, 0.15) is 0 Å². The van der Waals surface area contributed by atoms with Crippen LogP contribution in [-0.2, 0) is 19.9 Å². The number of hydrogen-bond acceptors (Lipinski definition) is 6. The summed E-state index contributed by atoms with van der Waals surface area (Å²) < 4.78 is 4.71. The summed E-state index contributed by atoms with van der Waals surface area (Å²) in [6.07, 6.45) is 5.23. The zero-order chi connectivity index (χ0) is 27.7. The molecule has 2 atom stereocenters. The summed E-state index contributed by atoms with van der Waals surface area (Å²) in [5.74, 6) is -1.52. The standard InChI is InChI=1S/C31H32N2O6/c1-20(9-4-6-18-34)31(38)24-19-22(15-16-25(24)32(30(31)37)17-5-3-14-27(35)39-2)33-26-13-8-11-21-10-7-12-23(28(21)26)29(33)36/h4,7-13,15-16,19-20,34,38H,3,5-6,14,17-18H2,1-2H3/b9-4+/t20-,31+/m0/s1. The predicted octanol–water partition coefficient (Wildman–Crippen LogP) is 4.58. The second-order valence-electron chi connectivity index (χ2n) is 10.0. The Bertz CT molecular complexity index is 1480. The number of carbonyl (C=O) groups excluding carboxylic acids is 3. The van der Waals surface area contributed by atoms with Crippen molar-refractivity contribution >= 4 is 45.6 Å². The number of anilines is 3. The van der Waals surface area contributed by atoms with Crippen molar-refractivity contribution in [2.75, 3.05) is 30.1 Å². The molecule has 0 saturated heterocycles. The van der Waals surface area contributed by atoms with Crippen molar-refractivity contribution in [2.45, 2.75) is 38.2 Å². The van der Waals surface area contributed by atoms with Crippen LogP contribution < -0.4 is 9.80 Å². The van der Waals surface area contributed by atoms with E-state index in [2.05, 4.69) is 0 Å². The SMILES string of the molecule is COC(=O)CCCCN1C(=O)[C@@](O)([C@@H](C)/C=C/CCO)c2cc(N3C(=O)c4cccc5cccc3c45)ccc21. The van der Waals surface area contributed by atoms with Crippen molar-refractivity contribution < 1.29 is 29.3 Å². The number of carbonyl (C=O) groups is 3. The minimum Gasteiger partial charge on any atom is -0.469 e. The summed E-state index contributed by atoms with van der Waals surface area (Å²) >= 11 is 0. The third-order valence-electron chi connectivity index (χ3n) is 7.69. The largest absolute Gasteiger partial charge is 0.469 e. The van der Waals surface area contributed by atoms with E-state index in [9.17, 15) is 24.6 Å². The molecular formula is C31H32N2O6. The Morgan fingerprint density at radius 2 is 1.85 bits per heavy atom. The number of aliphatic hydroxyl groups excluding tert-OH is 1. The maximum Gasteiger partial charge on any atom is 0.305 e. The van der Waals surface area contributed by atoms with Gasteiger partial charge in [-0.05, 0) is 55.0 Å². The van der Waals surface area contributed by atoms with E-state index in [1.54, 1.807) is 47.1 Å². The second kappa shape index (κ2) is 10.6. The lowest BCUT2D eigenvalue weighted by molar-refractivity contribution is -0.140. The second-order valence-corrected chi connectivity index (χ2v) is 10.0. The molecule has 8 nitrogen and oxygen atoms in total. The fourth-order valence-electron chi connectivity index (χ4n) is 5.62. The fraction of sp³-hybridized carbons (Fsp3) is 0.323. The normalized spacial score (nSPS) is 18.9. The molecule has 39 heavy (non-hydrogen) atoms. The Morgan fingerprint density at radius 1 is 1.08 bits per heavy atom. The summed E-state index contributed by atoms with van der Waals surface area (Å²) in [7, 11) is 1.34. The number of methoxy groups -OCH3 is 1. The van der Waals surface area contributed by atoms with E-state index in [0.717, 1.165) is 16.5 Å². The number of nitrogens with zero attached hydrogens (tertiary/aromatic N) is 2. The van der Waals surface area contributed by atoms with Crippen LogP contribution in [0.3, 0.4) is 0 Å². The predicted molar refractivity (Wildman–Crippen MR) is 149 cm³/mol. The maximum atomic E-state index is 13.8. The molecule has 2 heterocycles. The Hall–Kier alpha value is -4.01. The van der Waals surface area contributed by atoms with Gasteiger partial charge in [-0.2, -0.15) is 0 Å². The minimum absolute atomic E-state index is 0.0359. The van der Waals surface area contributed by atoms with Crippen LogP contribution in [0.2, 0.25) is 0 Å². The Labute approximate surface area is 227 Å². The number of ether oxygens (including phenoxy) is 1. The van der Waals surface area contributed by atoms with Gasteiger partial charge < -0.3 is 19.8 Å². The summed E-state index contributed by atoms with van der Waals surface area (Å²) in [5, 5.41) is 23.1. The van der Waals surface area contributed by atoms with Crippen LogP contribution in [0.5, 0.6) is 0 Å². The van der Waals surface area contributed by atoms with Gasteiger partial charge in [-0.3, -0.25) is 19.3 Å². The third kappa shape index (κ3) is 4.39. The van der Waals surface area contributed by atoms with E-state index in [1.165, 1.54) is 7.11 Å². The number of rotatable bonds is 10. The lowest BCUT2D eigenvalue weighted by atomic mass is 9.82. The molecule has 0 spiro atoms. The summed E-state index contributed by atoms with van der Waals surface area (Å²) in [5.41, 5.74) is 1.08. The van der Waals surface area contributed by atoms with Crippen molar-refractivity contribution in [3.05, 3.63) is 77.9 Å². The molecule has 0 aliphatic carbocycles. The van der Waals surface area contributed by atoms with Crippen molar-refractivity contribution in [3.63, 3.8) is 0 Å². The zero-order valence-corrected chi connectivity index (χ0v) is 22.1. The Kier molecular flexibility index (Phi) is 7.25.